The molecule has 210 valence electrons. The average Bonchev–Trinajstić information content (AvgIpc) is 3.31. The van der Waals surface area contributed by atoms with Crippen molar-refractivity contribution in [2.24, 2.45) is 0 Å². The van der Waals surface area contributed by atoms with Gasteiger partial charge in [0.1, 0.15) is 5.75 Å². The number of urea groups is 1. The van der Waals surface area contributed by atoms with Crippen molar-refractivity contribution in [1.82, 2.24) is 21.3 Å². The zero-order valence-corrected chi connectivity index (χ0v) is 22.7. The van der Waals surface area contributed by atoms with E-state index in [4.69, 9.17) is 23.2 Å². The van der Waals surface area contributed by atoms with Crippen molar-refractivity contribution in [3.63, 3.8) is 0 Å². The lowest BCUT2D eigenvalue weighted by atomic mass is 10.1. The van der Waals surface area contributed by atoms with Gasteiger partial charge in [-0.15, -0.1) is 0 Å². The molecule has 2 unspecified atom stereocenters. The molecule has 1 aliphatic rings. The van der Waals surface area contributed by atoms with E-state index >= 15 is 0 Å². The van der Waals surface area contributed by atoms with Gasteiger partial charge < -0.3 is 36.6 Å². The monoisotopic (exact) mass is 586 g/mol. The third-order valence-corrected chi connectivity index (χ3v) is 7.09. The van der Waals surface area contributed by atoms with Crippen molar-refractivity contribution in [2.45, 2.75) is 37.8 Å². The summed E-state index contributed by atoms with van der Waals surface area (Å²) in [6.45, 7) is -0.164. The number of nitrogens with one attached hydrogen (secondary N) is 4. The van der Waals surface area contributed by atoms with Crippen LogP contribution in [-0.2, 0) is 13.0 Å². The molecule has 3 aromatic rings. The van der Waals surface area contributed by atoms with Crippen LogP contribution in [0.1, 0.15) is 49.9 Å². The molecule has 12 heteroatoms. The van der Waals surface area contributed by atoms with E-state index in [0.29, 0.717) is 5.56 Å². The quantitative estimate of drug-likeness (QED) is 0.191. The number of carbonyl (C=O) groups is 3. The number of rotatable bonds is 9. The van der Waals surface area contributed by atoms with Gasteiger partial charge in [0.15, 0.2) is 6.29 Å². The van der Waals surface area contributed by atoms with Crippen LogP contribution in [0.3, 0.4) is 0 Å². The minimum Gasteiger partial charge on any atom is -0.508 e. The summed E-state index contributed by atoms with van der Waals surface area (Å²) in [6.07, 6.45) is -0.415. The molecular weight excluding hydrogens is 559 g/mol. The largest absolute Gasteiger partial charge is 0.508 e. The van der Waals surface area contributed by atoms with E-state index in [1.165, 1.54) is 24.3 Å². The Kier molecular flexibility index (Phi) is 9.49. The van der Waals surface area contributed by atoms with Crippen LogP contribution in [0.2, 0.25) is 10.0 Å². The lowest BCUT2D eigenvalue weighted by Crippen LogP contribution is -2.52. The molecule has 10 nitrogen and oxygen atoms in total. The molecular formula is C28H28Cl2N4O6. The maximum Gasteiger partial charge on any atom is 0.315 e. The highest BCUT2D eigenvalue weighted by atomic mass is 35.5. The molecule has 0 saturated carbocycles. The number of hydrogen-bond acceptors (Lipinski definition) is 6. The molecule has 0 aliphatic heterocycles. The molecule has 0 bridgehead atoms. The number of amides is 4. The fraction of sp³-hybridized carbons (Fsp3) is 0.250. The Hall–Kier alpha value is -3.83. The number of halogens is 2. The Morgan fingerprint density at radius 2 is 1.65 bits per heavy atom. The highest BCUT2D eigenvalue weighted by Gasteiger charge is 2.26. The summed E-state index contributed by atoms with van der Waals surface area (Å²) in [5.74, 6) is -1.27. The first-order valence-electron chi connectivity index (χ1n) is 12.5. The first-order chi connectivity index (χ1) is 19.1. The molecule has 1 aliphatic carbocycles. The minimum atomic E-state index is -2.00. The molecule has 0 aromatic heterocycles. The third kappa shape index (κ3) is 7.22. The number of fused-ring (bicyclic) bond motifs is 1. The van der Waals surface area contributed by atoms with Gasteiger partial charge in [0, 0.05) is 18.7 Å². The van der Waals surface area contributed by atoms with Crippen LogP contribution in [0.25, 0.3) is 0 Å². The van der Waals surface area contributed by atoms with Crippen LogP contribution >= 0.6 is 23.2 Å². The van der Waals surface area contributed by atoms with Gasteiger partial charge >= 0.3 is 6.03 Å². The second kappa shape index (κ2) is 13.0. The summed E-state index contributed by atoms with van der Waals surface area (Å²) in [5, 5.41) is 39.4. The fourth-order valence-electron chi connectivity index (χ4n) is 4.46. The van der Waals surface area contributed by atoms with Crippen LogP contribution in [0.4, 0.5) is 4.79 Å². The maximum absolute atomic E-state index is 12.9. The average molecular weight is 587 g/mol. The van der Waals surface area contributed by atoms with E-state index in [1.807, 2.05) is 24.3 Å². The van der Waals surface area contributed by atoms with Gasteiger partial charge in [-0.2, -0.15) is 0 Å². The Balaban J connectivity index is 1.34. The minimum absolute atomic E-state index is 0.0647. The standard InChI is InChI=1S/C28H28Cl2N4O6/c29-20-11-17(25(36)31-13-15-4-3-6-18(35)10-15)12-21(30)24(20)26(37)33-23(27(38)39)14-32-28(40)34-22-9-8-16-5-1-2-7-19(16)22/h1-7,10-12,22-23,27,35,38-39H,8-9,13-14H2,(H,31,36)(H,33,37)(H2,32,34,40). The smallest absolute Gasteiger partial charge is 0.315 e. The predicted molar refractivity (Wildman–Crippen MR) is 149 cm³/mol. The molecule has 4 rings (SSSR count). The van der Waals surface area contributed by atoms with Gasteiger partial charge in [0.05, 0.1) is 27.7 Å². The van der Waals surface area contributed by atoms with Crippen LogP contribution in [0.5, 0.6) is 5.75 Å². The van der Waals surface area contributed by atoms with Crippen molar-refractivity contribution in [3.05, 3.63) is 98.5 Å². The highest BCUT2D eigenvalue weighted by molar-refractivity contribution is 6.40. The molecule has 7 N–H and O–H groups in total. The molecule has 4 amide bonds. The number of aliphatic hydroxyl groups excluding tert-OH is 1. The zero-order chi connectivity index (χ0) is 28.8. The van der Waals surface area contributed by atoms with Gasteiger partial charge in [-0.25, -0.2) is 4.79 Å². The number of aromatic hydroxyl groups is 1. The van der Waals surface area contributed by atoms with Crippen molar-refractivity contribution < 1.29 is 29.7 Å². The van der Waals surface area contributed by atoms with E-state index < -0.39 is 30.2 Å². The van der Waals surface area contributed by atoms with Crippen LogP contribution in [0.15, 0.2) is 60.7 Å². The van der Waals surface area contributed by atoms with Gasteiger partial charge in [0.2, 0.25) is 0 Å². The van der Waals surface area contributed by atoms with Crippen molar-refractivity contribution in [3.8, 4) is 5.75 Å². The Labute approximate surface area is 240 Å². The van der Waals surface area contributed by atoms with Crippen LogP contribution in [0, 0.1) is 0 Å². The SMILES string of the molecule is O=C(NCC(NC(=O)c1c(Cl)cc(C(=O)NCc2cccc(O)c2)cc1Cl)C(O)O)NC1CCc2ccccc21. The number of aliphatic hydroxyl groups is 2. The molecule has 3 aromatic carbocycles. The number of phenolic OH excluding ortho intramolecular Hbond substituents is 1. The summed E-state index contributed by atoms with van der Waals surface area (Å²) in [6, 6.07) is 14.7. The molecule has 0 spiro atoms. The normalized spacial score (nSPS) is 14.8. The maximum atomic E-state index is 12.9. The first kappa shape index (κ1) is 29.2. The number of aryl methyl sites for hydroxylation is 1. The molecule has 0 saturated heterocycles. The molecule has 0 heterocycles. The van der Waals surface area contributed by atoms with E-state index in [-0.39, 0.29) is 46.1 Å². The summed E-state index contributed by atoms with van der Waals surface area (Å²) >= 11 is 12.6. The number of hydrogen-bond donors (Lipinski definition) is 7. The number of carbonyl (C=O) groups excluding carboxylic acids is 3. The van der Waals surface area contributed by atoms with Gasteiger partial charge in [-0.05, 0) is 53.8 Å². The van der Waals surface area contributed by atoms with Crippen molar-refractivity contribution in [2.75, 3.05) is 6.54 Å². The third-order valence-electron chi connectivity index (χ3n) is 6.49. The van der Waals surface area contributed by atoms with Gasteiger partial charge in [-0.1, -0.05) is 59.6 Å². The van der Waals surface area contributed by atoms with E-state index in [2.05, 4.69) is 21.3 Å². The lowest BCUT2D eigenvalue weighted by Gasteiger charge is -2.22. The van der Waals surface area contributed by atoms with Crippen molar-refractivity contribution in [1.29, 1.82) is 0 Å². The summed E-state index contributed by atoms with van der Waals surface area (Å²) < 4.78 is 0. The predicted octanol–water partition coefficient (Wildman–Crippen LogP) is 3.02. The van der Waals surface area contributed by atoms with Crippen LogP contribution < -0.4 is 21.3 Å². The Morgan fingerprint density at radius 3 is 2.35 bits per heavy atom. The second-order valence-corrected chi connectivity index (χ2v) is 10.1. The summed E-state index contributed by atoms with van der Waals surface area (Å²) in [4.78, 5) is 38.0. The summed E-state index contributed by atoms with van der Waals surface area (Å²) in [5.41, 5.74) is 2.79. The van der Waals surface area contributed by atoms with E-state index in [1.54, 1.807) is 12.1 Å². The van der Waals surface area contributed by atoms with Gasteiger partial charge in [-0.3, -0.25) is 9.59 Å². The Bertz CT molecular complexity index is 1390. The molecule has 0 fully saturated rings. The first-order valence-corrected chi connectivity index (χ1v) is 13.2. The Morgan fingerprint density at radius 1 is 0.925 bits per heavy atom. The number of phenols is 1. The molecule has 0 radical (unpaired) electrons. The summed E-state index contributed by atoms with van der Waals surface area (Å²) in [7, 11) is 0. The van der Waals surface area contributed by atoms with Crippen molar-refractivity contribution >= 4 is 41.0 Å². The second-order valence-electron chi connectivity index (χ2n) is 9.31. The molecule has 40 heavy (non-hydrogen) atoms. The van der Waals surface area contributed by atoms with E-state index in [0.717, 1.165) is 24.0 Å². The van der Waals surface area contributed by atoms with Gasteiger partial charge in [0.25, 0.3) is 11.8 Å². The van der Waals surface area contributed by atoms with Crippen LogP contribution in [-0.4, -0.2) is 52.0 Å². The highest BCUT2D eigenvalue weighted by Crippen LogP contribution is 2.30. The zero-order valence-electron chi connectivity index (χ0n) is 21.2. The topological polar surface area (TPSA) is 160 Å². The lowest BCUT2D eigenvalue weighted by molar-refractivity contribution is -0.0637. The fourth-order valence-corrected chi connectivity index (χ4v) is 5.12. The number of benzene rings is 3. The molecule has 2 atom stereocenters. The van der Waals surface area contributed by atoms with E-state index in [9.17, 15) is 29.7 Å².